The van der Waals surface area contributed by atoms with E-state index in [1.807, 2.05) is 0 Å². The summed E-state index contributed by atoms with van der Waals surface area (Å²) in [6.45, 7) is 0. The molecular weight excluding hydrogens is 182 g/mol. The van der Waals surface area contributed by atoms with Crippen molar-refractivity contribution in [2.24, 2.45) is 0 Å². The van der Waals surface area contributed by atoms with E-state index in [9.17, 15) is 0 Å². The molecule has 0 aliphatic heterocycles. The van der Waals surface area contributed by atoms with Crippen LogP contribution < -0.4 is 0 Å². The molecule has 4 nitrogen and oxygen atoms in total. The van der Waals surface area contributed by atoms with Gasteiger partial charge in [0.2, 0.25) is 0 Å². The minimum atomic E-state index is -1.50. The van der Waals surface area contributed by atoms with Crippen LogP contribution in [0.25, 0.3) is 0 Å². The smallest absolute Gasteiger partial charge is 0.358 e. The maximum atomic E-state index is 8.36. The summed E-state index contributed by atoms with van der Waals surface area (Å²) in [5.74, 6) is 0. The second-order valence-corrected chi connectivity index (χ2v) is 0.238. The monoisotopic (exact) mass is 185 g/mol. The van der Waals surface area contributed by atoms with Gasteiger partial charge in [0.05, 0.1) is 0 Å². The Hall–Kier alpha value is -0.0597. The third kappa shape index (κ3) is 9540. The van der Waals surface area contributed by atoms with Gasteiger partial charge in [0.15, 0.2) is 0 Å². The largest absolute Gasteiger partial charge is 1.00 e. The van der Waals surface area contributed by atoms with Crippen molar-refractivity contribution in [3.8, 4) is 0 Å². The molecule has 0 rings (SSSR count). The molecule has 0 atom stereocenters. The normalized spacial score (nSPS) is 4.00. The average molecular weight is 186 g/mol. The van der Waals surface area contributed by atoms with Gasteiger partial charge < -0.3 is 12.6 Å². The van der Waals surface area contributed by atoms with Gasteiger partial charge >= 0.3 is 22.4 Å². The van der Waals surface area contributed by atoms with Crippen LogP contribution in [0.5, 0.6) is 0 Å². The Morgan fingerprint density at radius 1 is 1.67 bits per heavy atom. The van der Waals surface area contributed by atoms with E-state index in [0.717, 1.165) is 0 Å². The summed E-state index contributed by atoms with van der Waals surface area (Å²) in [7, 11) is 0. The van der Waals surface area contributed by atoms with Crippen LogP contribution in [0.4, 0.5) is 0 Å². The van der Waals surface area contributed by atoms with Gasteiger partial charge in [0.25, 0.3) is 5.09 Å². The molecule has 6 heavy (non-hydrogen) atoms. The molecule has 0 aromatic carbocycles. The molecule has 0 bridgehead atoms. The molecule has 0 fully saturated rings. The Morgan fingerprint density at radius 3 is 1.67 bits per heavy atom. The zero-order valence-electron chi connectivity index (χ0n) is 3.01. The summed E-state index contributed by atoms with van der Waals surface area (Å²) >= 11 is 0. The van der Waals surface area contributed by atoms with E-state index in [2.05, 4.69) is 0 Å². The van der Waals surface area contributed by atoms with Gasteiger partial charge in [0.1, 0.15) is 0 Å². The second-order valence-electron chi connectivity index (χ2n) is 0.238. The zero-order chi connectivity index (χ0) is 3.58. The van der Waals surface area contributed by atoms with Crippen molar-refractivity contribution >= 4 is 0 Å². The predicted octanol–water partition coefficient (Wildman–Crippen LogP) is 0.100. The van der Waals surface area contributed by atoms with Gasteiger partial charge in [-0.05, 0) is 0 Å². The van der Waals surface area contributed by atoms with Crippen molar-refractivity contribution in [1.29, 1.82) is 0 Å². The summed E-state index contributed by atoms with van der Waals surface area (Å²) in [6.07, 6.45) is 0. The summed E-state index contributed by atoms with van der Waals surface area (Å²) in [5, 5.41) is 13.6. The summed E-state index contributed by atoms with van der Waals surface area (Å²) < 4.78 is 0. The summed E-state index contributed by atoms with van der Waals surface area (Å²) in [6, 6.07) is 0. The van der Waals surface area contributed by atoms with Crippen LogP contribution in [-0.4, -0.2) is 10.3 Å². The molecule has 0 aromatic heterocycles. The minimum Gasteiger partial charge on any atom is -0.358 e. The first-order valence-electron chi connectivity index (χ1n) is 0.565. The molecule has 0 heterocycles. The van der Waals surface area contributed by atoms with Crippen LogP contribution in [0.15, 0.2) is 0 Å². The quantitative estimate of drug-likeness (QED) is 0.252. The van der Waals surface area contributed by atoms with Crippen molar-refractivity contribution in [3.63, 3.8) is 0 Å². The van der Waals surface area contributed by atoms with E-state index in [1.165, 1.54) is 0 Å². The van der Waals surface area contributed by atoms with Crippen molar-refractivity contribution in [3.05, 3.63) is 17.5 Å². The molecule has 0 saturated carbocycles. The summed E-state index contributed by atoms with van der Waals surface area (Å²) in [4.78, 5) is 8.36. The molecule has 0 spiro atoms. The zero-order valence-corrected chi connectivity index (χ0v) is 4.49. The first-order valence-corrected chi connectivity index (χ1v) is 0.565. The van der Waals surface area contributed by atoms with Crippen molar-refractivity contribution in [2.45, 2.75) is 0 Å². The molecule has 0 radical (unpaired) electrons. The molecule has 0 aromatic rings. The molecule has 0 aliphatic carbocycles. The molecule has 0 amide bonds. The van der Waals surface area contributed by atoms with E-state index in [1.54, 1.807) is 0 Å². The number of hydrogen-bond donors (Lipinski definition) is 1. The number of rotatable bonds is 0. The van der Waals surface area contributed by atoms with Crippen LogP contribution in [0.1, 0.15) is 0 Å². The van der Waals surface area contributed by atoms with E-state index < -0.39 is 5.09 Å². The number of hydrogen-bond acceptors (Lipinski definition) is 2. The number of nitrogens with zero attached hydrogens (tertiary/aromatic N) is 1. The van der Waals surface area contributed by atoms with Gasteiger partial charge in [-0.25, -0.2) is 0 Å². The molecule has 0 aliphatic rings. The Bertz CT molecular complexity index is 33.8. The van der Waals surface area contributed by atoms with Crippen molar-refractivity contribution in [2.75, 3.05) is 0 Å². The predicted molar refractivity (Wildman–Crippen MR) is 15.2 cm³/mol. The van der Waals surface area contributed by atoms with Crippen LogP contribution >= 0.6 is 0 Å². The average Bonchev–Trinajstić information content (AvgIpc) is 0.811. The molecule has 1 N–H and O–H groups in total. The topological polar surface area (TPSA) is 63.4 Å². The SMILES string of the molecule is O=[N+]([O-])O.[Ag+].[CH3-]. The standard InChI is InChI=1S/CH3.Ag.HNO3/c;;2-1(3)4/h1H3;;(H,2,3,4)/q-1;+1;. The Morgan fingerprint density at radius 2 is 1.67 bits per heavy atom. The fourth-order valence-corrected chi connectivity index (χ4v) is 0. The third-order valence-corrected chi connectivity index (χ3v) is 0. The van der Waals surface area contributed by atoms with Crippen molar-refractivity contribution in [1.82, 2.24) is 0 Å². The van der Waals surface area contributed by atoms with Crippen LogP contribution in [-0.2, 0) is 22.4 Å². The fourth-order valence-electron chi connectivity index (χ4n) is 0. The molecular formula is CH4AgNO3. The third-order valence-electron chi connectivity index (χ3n) is 0. The van der Waals surface area contributed by atoms with Crippen LogP contribution in [0.3, 0.4) is 0 Å². The van der Waals surface area contributed by atoms with Crippen LogP contribution in [0.2, 0.25) is 0 Å². The molecule has 5 heteroatoms. The van der Waals surface area contributed by atoms with Gasteiger partial charge in [0, 0.05) is 0 Å². The first kappa shape index (κ1) is 16.8. The van der Waals surface area contributed by atoms with E-state index in [0.29, 0.717) is 0 Å². The maximum absolute atomic E-state index is 8.36. The fraction of sp³-hybridized carbons (Fsp3) is 0. The van der Waals surface area contributed by atoms with Gasteiger partial charge in [-0.2, -0.15) is 0 Å². The van der Waals surface area contributed by atoms with E-state index in [-0.39, 0.29) is 29.8 Å². The first-order chi connectivity index (χ1) is 1.73. The van der Waals surface area contributed by atoms with Crippen LogP contribution in [0, 0.1) is 17.5 Å². The molecule has 0 saturated heterocycles. The summed E-state index contributed by atoms with van der Waals surface area (Å²) in [5.41, 5.74) is 0. The Balaban J connectivity index is -0.0000000450. The second kappa shape index (κ2) is 8.87. The van der Waals surface area contributed by atoms with E-state index >= 15 is 0 Å². The maximum Gasteiger partial charge on any atom is 1.00 e. The van der Waals surface area contributed by atoms with Gasteiger partial charge in [-0.15, -0.1) is 10.1 Å². The molecule has 0 unspecified atom stereocenters. The minimum absolute atomic E-state index is 0. The van der Waals surface area contributed by atoms with Crippen molar-refractivity contribution < 1.29 is 32.7 Å². The van der Waals surface area contributed by atoms with Gasteiger partial charge in [-0.3, -0.25) is 0 Å². The van der Waals surface area contributed by atoms with E-state index in [4.69, 9.17) is 15.3 Å². The van der Waals surface area contributed by atoms with Gasteiger partial charge in [-0.1, -0.05) is 0 Å². The molecule has 42 valence electrons. The Kier molecular flexibility index (Phi) is 24.8. The Labute approximate surface area is 50.8 Å².